The Balaban J connectivity index is 1.99. The van der Waals surface area contributed by atoms with Crippen LogP contribution in [0.3, 0.4) is 0 Å². The first-order valence-corrected chi connectivity index (χ1v) is 8.42. The molecule has 0 atom stereocenters. The van der Waals surface area contributed by atoms with Gasteiger partial charge in [-0.25, -0.2) is 4.79 Å². The Labute approximate surface area is 148 Å². The molecule has 0 aliphatic heterocycles. The van der Waals surface area contributed by atoms with Gasteiger partial charge in [0.1, 0.15) is 17.1 Å². The van der Waals surface area contributed by atoms with Gasteiger partial charge in [-0.2, -0.15) is 0 Å². The standard InChI is InChI=1S/C20H23NO4/c1-3-15(4-2)21-19(22)14-24-20(23)17-12-8-9-13-18(17)25-16-10-6-5-7-11-16/h5-13,15H,3-4,14H2,1-2H3,(H,21,22). The van der Waals surface area contributed by atoms with Crippen molar-refractivity contribution in [2.24, 2.45) is 0 Å². The Morgan fingerprint density at radius 3 is 2.28 bits per heavy atom. The molecule has 0 fully saturated rings. The maximum Gasteiger partial charge on any atom is 0.342 e. The van der Waals surface area contributed by atoms with E-state index >= 15 is 0 Å². The summed E-state index contributed by atoms with van der Waals surface area (Å²) in [6.07, 6.45) is 1.67. The zero-order chi connectivity index (χ0) is 18.1. The van der Waals surface area contributed by atoms with Crippen LogP contribution in [-0.2, 0) is 9.53 Å². The highest BCUT2D eigenvalue weighted by atomic mass is 16.5. The summed E-state index contributed by atoms with van der Waals surface area (Å²) in [6.45, 7) is 3.68. The zero-order valence-electron chi connectivity index (χ0n) is 14.5. The summed E-state index contributed by atoms with van der Waals surface area (Å²) in [5, 5.41) is 2.83. The Morgan fingerprint density at radius 1 is 0.960 bits per heavy atom. The molecular weight excluding hydrogens is 318 g/mol. The summed E-state index contributed by atoms with van der Waals surface area (Å²) in [7, 11) is 0. The average molecular weight is 341 g/mol. The van der Waals surface area contributed by atoms with Crippen LogP contribution in [0.15, 0.2) is 54.6 Å². The quantitative estimate of drug-likeness (QED) is 0.739. The van der Waals surface area contributed by atoms with Gasteiger partial charge in [-0.3, -0.25) is 4.79 Å². The molecule has 25 heavy (non-hydrogen) atoms. The fourth-order valence-corrected chi connectivity index (χ4v) is 2.31. The number of para-hydroxylation sites is 2. The number of esters is 1. The van der Waals surface area contributed by atoms with Crippen molar-refractivity contribution in [3.63, 3.8) is 0 Å². The molecule has 0 saturated carbocycles. The number of carbonyl (C=O) groups excluding carboxylic acids is 2. The molecule has 5 nitrogen and oxygen atoms in total. The molecule has 0 unspecified atom stereocenters. The van der Waals surface area contributed by atoms with Crippen LogP contribution >= 0.6 is 0 Å². The maximum atomic E-state index is 12.3. The van der Waals surface area contributed by atoms with E-state index in [-0.39, 0.29) is 24.1 Å². The molecule has 0 heterocycles. The van der Waals surface area contributed by atoms with Gasteiger partial charge in [0.05, 0.1) is 0 Å². The first kappa shape index (κ1) is 18.5. The largest absolute Gasteiger partial charge is 0.456 e. The molecule has 0 spiro atoms. The Bertz CT molecular complexity index is 696. The highest BCUT2D eigenvalue weighted by molar-refractivity contribution is 5.94. The number of rotatable bonds is 8. The lowest BCUT2D eigenvalue weighted by Crippen LogP contribution is -2.36. The van der Waals surface area contributed by atoms with Gasteiger partial charge < -0.3 is 14.8 Å². The number of hydrogen-bond donors (Lipinski definition) is 1. The third-order valence-electron chi connectivity index (χ3n) is 3.76. The number of benzene rings is 2. The number of amides is 1. The SMILES string of the molecule is CCC(CC)NC(=O)COC(=O)c1ccccc1Oc1ccccc1. The lowest BCUT2D eigenvalue weighted by molar-refractivity contribution is -0.125. The van der Waals surface area contributed by atoms with Crippen LogP contribution in [0.5, 0.6) is 11.5 Å². The van der Waals surface area contributed by atoms with Crippen LogP contribution in [0.2, 0.25) is 0 Å². The van der Waals surface area contributed by atoms with E-state index in [0.717, 1.165) is 12.8 Å². The molecule has 2 aromatic carbocycles. The third-order valence-corrected chi connectivity index (χ3v) is 3.76. The minimum Gasteiger partial charge on any atom is -0.456 e. The van der Waals surface area contributed by atoms with Gasteiger partial charge in [-0.05, 0) is 37.1 Å². The topological polar surface area (TPSA) is 64.6 Å². The molecule has 1 amide bonds. The average Bonchev–Trinajstić information content (AvgIpc) is 2.65. The van der Waals surface area contributed by atoms with Gasteiger partial charge in [-0.1, -0.05) is 44.2 Å². The van der Waals surface area contributed by atoms with Crippen LogP contribution in [0.4, 0.5) is 0 Å². The number of ether oxygens (including phenoxy) is 2. The van der Waals surface area contributed by atoms with Crippen molar-refractivity contribution in [2.45, 2.75) is 32.7 Å². The first-order valence-electron chi connectivity index (χ1n) is 8.42. The highest BCUT2D eigenvalue weighted by Crippen LogP contribution is 2.25. The second-order valence-corrected chi connectivity index (χ2v) is 5.57. The van der Waals surface area contributed by atoms with E-state index in [0.29, 0.717) is 11.5 Å². The van der Waals surface area contributed by atoms with Gasteiger partial charge in [0.25, 0.3) is 5.91 Å². The van der Waals surface area contributed by atoms with Crippen molar-refractivity contribution in [3.8, 4) is 11.5 Å². The van der Waals surface area contributed by atoms with Gasteiger partial charge >= 0.3 is 5.97 Å². The summed E-state index contributed by atoms with van der Waals surface area (Å²) in [6, 6.07) is 16.1. The van der Waals surface area contributed by atoms with Crippen molar-refractivity contribution < 1.29 is 19.1 Å². The number of nitrogens with one attached hydrogen (secondary N) is 1. The molecule has 0 aliphatic carbocycles. The highest BCUT2D eigenvalue weighted by Gasteiger charge is 2.16. The minimum atomic E-state index is -0.591. The molecule has 2 aromatic rings. The summed E-state index contributed by atoms with van der Waals surface area (Å²) >= 11 is 0. The molecular formula is C20H23NO4. The minimum absolute atomic E-state index is 0.0971. The Kier molecular flexibility index (Phi) is 7.01. The molecule has 5 heteroatoms. The molecule has 0 aliphatic rings. The number of carbonyl (C=O) groups is 2. The second kappa shape index (κ2) is 9.47. The lowest BCUT2D eigenvalue weighted by Gasteiger charge is -2.15. The van der Waals surface area contributed by atoms with Crippen molar-refractivity contribution in [1.29, 1.82) is 0 Å². The number of hydrogen-bond acceptors (Lipinski definition) is 4. The fourth-order valence-electron chi connectivity index (χ4n) is 2.31. The van der Waals surface area contributed by atoms with Gasteiger partial charge in [-0.15, -0.1) is 0 Å². The molecule has 0 saturated heterocycles. The predicted octanol–water partition coefficient (Wildman–Crippen LogP) is 3.94. The maximum absolute atomic E-state index is 12.3. The van der Waals surface area contributed by atoms with E-state index in [9.17, 15) is 9.59 Å². The van der Waals surface area contributed by atoms with E-state index < -0.39 is 5.97 Å². The molecule has 2 rings (SSSR count). The molecule has 0 bridgehead atoms. The normalized spacial score (nSPS) is 10.4. The smallest absolute Gasteiger partial charge is 0.342 e. The van der Waals surface area contributed by atoms with Crippen molar-refractivity contribution in [3.05, 3.63) is 60.2 Å². The van der Waals surface area contributed by atoms with Gasteiger partial charge in [0, 0.05) is 6.04 Å². The van der Waals surface area contributed by atoms with E-state index in [1.54, 1.807) is 36.4 Å². The lowest BCUT2D eigenvalue weighted by atomic mass is 10.2. The summed E-state index contributed by atoms with van der Waals surface area (Å²) in [5.41, 5.74) is 0.279. The van der Waals surface area contributed by atoms with Crippen LogP contribution in [0, 0.1) is 0 Å². The van der Waals surface area contributed by atoms with E-state index in [1.807, 2.05) is 32.0 Å². The van der Waals surface area contributed by atoms with Crippen molar-refractivity contribution in [2.75, 3.05) is 6.61 Å². The first-order chi connectivity index (χ1) is 12.1. The fraction of sp³-hybridized carbons (Fsp3) is 0.300. The van der Waals surface area contributed by atoms with Crippen molar-refractivity contribution in [1.82, 2.24) is 5.32 Å². The van der Waals surface area contributed by atoms with Gasteiger partial charge in [0.15, 0.2) is 6.61 Å². The zero-order valence-corrected chi connectivity index (χ0v) is 14.5. The Hall–Kier alpha value is -2.82. The van der Waals surface area contributed by atoms with E-state index in [1.165, 1.54) is 0 Å². The summed E-state index contributed by atoms with van der Waals surface area (Å²) in [4.78, 5) is 24.2. The van der Waals surface area contributed by atoms with Crippen LogP contribution in [0.1, 0.15) is 37.0 Å². The molecule has 0 aromatic heterocycles. The molecule has 0 radical (unpaired) electrons. The second-order valence-electron chi connectivity index (χ2n) is 5.57. The van der Waals surface area contributed by atoms with Crippen LogP contribution < -0.4 is 10.1 Å². The Morgan fingerprint density at radius 2 is 1.60 bits per heavy atom. The summed E-state index contributed by atoms with van der Waals surface area (Å²) in [5.74, 6) is 0.114. The van der Waals surface area contributed by atoms with E-state index in [2.05, 4.69) is 5.32 Å². The molecule has 1 N–H and O–H groups in total. The van der Waals surface area contributed by atoms with Gasteiger partial charge in [0.2, 0.25) is 0 Å². The van der Waals surface area contributed by atoms with E-state index in [4.69, 9.17) is 9.47 Å². The summed E-state index contributed by atoms with van der Waals surface area (Å²) < 4.78 is 10.9. The van der Waals surface area contributed by atoms with Crippen LogP contribution in [0.25, 0.3) is 0 Å². The third kappa shape index (κ3) is 5.64. The predicted molar refractivity (Wildman–Crippen MR) is 95.8 cm³/mol. The molecule has 132 valence electrons. The monoisotopic (exact) mass is 341 g/mol. The van der Waals surface area contributed by atoms with Crippen LogP contribution in [-0.4, -0.2) is 24.5 Å². The van der Waals surface area contributed by atoms with Crippen molar-refractivity contribution >= 4 is 11.9 Å².